The number of rotatable bonds is 3. The van der Waals surface area contributed by atoms with E-state index < -0.39 is 9.84 Å². The average molecular weight is 274 g/mol. The molecule has 18 heavy (non-hydrogen) atoms. The fourth-order valence-electron chi connectivity index (χ4n) is 2.91. The summed E-state index contributed by atoms with van der Waals surface area (Å²) in [6.07, 6.45) is 4.24. The molecule has 106 valence electrons. The van der Waals surface area contributed by atoms with Crippen LogP contribution in [0.3, 0.4) is 0 Å². The van der Waals surface area contributed by atoms with E-state index in [0.717, 1.165) is 32.5 Å². The first kappa shape index (κ1) is 14.3. The number of likely N-dealkylation sites (tertiary alicyclic amines) is 1. The summed E-state index contributed by atoms with van der Waals surface area (Å²) in [4.78, 5) is 2.37. The molecule has 0 aromatic carbocycles. The molecule has 0 spiro atoms. The molecule has 2 aliphatic rings. The van der Waals surface area contributed by atoms with E-state index in [1.807, 2.05) is 0 Å². The molecule has 1 unspecified atom stereocenters. The summed E-state index contributed by atoms with van der Waals surface area (Å²) in [5.41, 5.74) is 0.341. The standard InChI is InChI=1S/C13H26N2O2S/c1-13(5-7-15(2)8-6-13)11-14-12-4-3-9-18(16,17)10-12/h12,14H,3-11H2,1-2H3. The highest BCUT2D eigenvalue weighted by Crippen LogP contribution is 2.29. The fraction of sp³-hybridized carbons (Fsp3) is 1.00. The van der Waals surface area contributed by atoms with Crippen molar-refractivity contribution in [3.8, 4) is 0 Å². The zero-order valence-corrected chi connectivity index (χ0v) is 12.4. The third kappa shape index (κ3) is 3.93. The minimum Gasteiger partial charge on any atom is -0.312 e. The van der Waals surface area contributed by atoms with Crippen molar-refractivity contribution in [1.29, 1.82) is 0 Å². The van der Waals surface area contributed by atoms with Crippen LogP contribution < -0.4 is 5.32 Å². The molecule has 1 N–H and O–H groups in total. The first-order chi connectivity index (χ1) is 8.39. The summed E-state index contributed by atoms with van der Waals surface area (Å²) < 4.78 is 23.2. The smallest absolute Gasteiger partial charge is 0.151 e. The van der Waals surface area contributed by atoms with Gasteiger partial charge in [-0.3, -0.25) is 0 Å². The summed E-state index contributed by atoms with van der Waals surface area (Å²) in [5.74, 6) is 0.718. The Bertz CT molecular complexity index is 372. The number of nitrogens with one attached hydrogen (secondary N) is 1. The second kappa shape index (κ2) is 5.47. The SMILES string of the molecule is CN1CCC(C)(CNC2CCCS(=O)(=O)C2)CC1. The van der Waals surface area contributed by atoms with Crippen molar-refractivity contribution in [1.82, 2.24) is 10.2 Å². The van der Waals surface area contributed by atoms with Crippen molar-refractivity contribution in [3.63, 3.8) is 0 Å². The Kier molecular flexibility index (Phi) is 4.34. The second-order valence-electron chi connectivity index (χ2n) is 6.45. The molecule has 0 bridgehead atoms. The van der Waals surface area contributed by atoms with Crippen LogP contribution in [0.15, 0.2) is 0 Å². The van der Waals surface area contributed by atoms with Crippen molar-refractivity contribution >= 4 is 9.84 Å². The van der Waals surface area contributed by atoms with Gasteiger partial charge in [-0.25, -0.2) is 8.42 Å². The summed E-state index contributed by atoms with van der Waals surface area (Å²) in [5, 5.41) is 3.50. The molecule has 0 saturated carbocycles. The van der Waals surface area contributed by atoms with Crippen molar-refractivity contribution in [2.75, 3.05) is 38.2 Å². The zero-order valence-electron chi connectivity index (χ0n) is 11.6. The van der Waals surface area contributed by atoms with Gasteiger partial charge in [0.25, 0.3) is 0 Å². The molecular weight excluding hydrogens is 248 g/mol. The minimum atomic E-state index is -2.78. The maximum absolute atomic E-state index is 11.6. The predicted molar refractivity (Wildman–Crippen MR) is 74.5 cm³/mol. The van der Waals surface area contributed by atoms with E-state index in [1.165, 1.54) is 12.8 Å². The second-order valence-corrected chi connectivity index (χ2v) is 8.68. The monoisotopic (exact) mass is 274 g/mol. The molecule has 2 aliphatic heterocycles. The molecule has 0 aromatic rings. The lowest BCUT2D eigenvalue weighted by Crippen LogP contribution is -2.47. The maximum Gasteiger partial charge on any atom is 0.151 e. The van der Waals surface area contributed by atoms with Gasteiger partial charge in [0.2, 0.25) is 0 Å². The summed E-state index contributed by atoms with van der Waals surface area (Å²) in [7, 11) is -0.617. The van der Waals surface area contributed by atoms with Gasteiger partial charge < -0.3 is 10.2 Å². The van der Waals surface area contributed by atoms with Crippen molar-refractivity contribution < 1.29 is 8.42 Å². The summed E-state index contributed by atoms with van der Waals surface area (Å²) >= 11 is 0. The van der Waals surface area contributed by atoms with E-state index >= 15 is 0 Å². The Morgan fingerprint density at radius 2 is 2.00 bits per heavy atom. The van der Waals surface area contributed by atoms with Crippen LogP contribution in [0.2, 0.25) is 0 Å². The Hall–Kier alpha value is -0.130. The first-order valence-electron chi connectivity index (χ1n) is 7.01. The third-order valence-electron chi connectivity index (χ3n) is 4.47. The van der Waals surface area contributed by atoms with Crippen LogP contribution in [0.5, 0.6) is 0 Å². The maximum atomic E-state index is 11.6. The van der Waals surface area contributed by atoms with Crippen LogP contribution >= 0.6 is 0 Å². The lowest BCUT2D eigenvalue weighted by Gasteiger charge is -2.39. The Morgan fingerprint density at radius 1 is 1.33 bits per heavy atom. The minimum absolute atomic E-state index is 0.181. The topological polar surface area (TPSA) is 49.4 Å². The number of sulfone groups is 1. The van der Waals surface area contributed by atoms with Gasteiger partial charge >= 0.3 is 0 Å². The van der Waals surface area contributed by atoms with Crippen LogP contribution in [-0.4, -0.2) is 57.5 Å². The van der Waals surface area contributed by atoms with Crippen molar-refractivity contribution in [2.24, 2.45) is 5.41 Å². The molecule has 2 saturated heterocycles. The fourth-order valence-corrected chi connectivity index (χ4v) is 4.58. The Morgan fingerprint density at radius 3 is 2.61 bits per heavy atom. The predicted octanol–water partition coefficient (Wildman–Crippen LogP) is 0.885. The van der Waals surface area contributed by atoms with Crippen molar-refractivity contribution in [3.05, 3.63) is 0 Å². The molecule has 4 nitrogen and oxygen atoms in total. The van der Waals surface area contributed by atoms with Gasteiger partial charge in [0.05, 0.1) is 11.5 Å². The van der Waals surface area contributed by atoms with Gasteiger partial charge in [-0.05, 0) is 51.2 Å². The first-order valence-corrected chi connectivity index (χ1v) is 8.83. The third-order valence-corrected chi connectivity index (χ3v) is 6.30. The highest BCUT2D eigenvalue weighted by Gasteiger charge is 2.31. The highest BCUT2D eigenvalue weighted by molar-refractivity contribution is 7.91. The van der Waals surface area contributed by atoms with Crippen LogP contribution in [-0.2, 0) is 9.84 Å². The number of hydrogen-bond donors (Lipinski definition) is 1. The number of piperidine rings is 1. The summed E-state index contributed by atoms with van der Waals surface area (Å²) in [6, 6.07) is 0.181. The molecule has 0 amide bonds. The van der Waals surface area contributed by atoms with Gasteiger partial charge in [0.15, 0.2) is 9.84 Å². The van der Waals surface area contributed by atoms with E-state index in [4.69, 9.17) is 0 Å². The van der Waals surface area contributed by atoms with Crippen molar-refractivity contribution in [2.45, 2.75) is 38.6 Å². The van der Waals surface area contributed by atoms with Crippen LogP contribution in [0, 0.1) is 5.41 Å². The lowest BCUT2D eigenvalue weighted by molar-refractivity contribution is 0.133. The van der Waals surface area contributed by atoms with Gasteiger partial charge in [-0.15, -0.1) is 0 Å². The van der Waals surface area contributed by atoms with Gasteiger partial charge in [0.1, 0.15) is 0 Å². The largest absolute Gasteiger partial charge is 0.312 e. The molecular formula is C13H26N2O2S. The quantitative estimate of drug-likeness (QED) is 0.830. The van der Waals surface area contributed by atoms with Crippen LogP contribution in [0.25, 0.3) is 0 Å². The van der Waals surface area contributed by atoms with Gasteiger partial charge in [-0.2, -0.15) is 0 Å². The molecule has 2 heterocycles. The van der Waals surface area contributed by atoms with Crippen LogP contribution in [0.4, 0.5) is 0 Å². The van der Waals surface area contributed by atoms with Crippen LogP contribution in [0.1, 0.15) is 32.6 Å². The van der Waals surface area contributed by atoms with E-state index in [9.17, 15) is 8.42 Å². The van der Waals surface area contributed by atoms with Gasteiger partial charge in [0, 0.05) is 12.6 Å². The zero-order chi connectivity index (χ0) is 13.2. The summed E-state index contributed by atoms with van der Waals surface area (Å²) in [6.45, 7) is 5.59. The molecule has 1 atom stereocenters. The van der Waals surface area contributed by atoms with E-state index in [1.54, 1.807) is 0 Å². The molecule has 0 radical (unpaired) electrons. The van der Waals surface area contributed by atoms with E-state index in [-0.39, 0.29) is 6.04 Å². The average Bonchev–Trinajstić information content (AvgIpc) is 2.30. The number of nitrogens with zero attached hydrogens (tertiary/aromatic N) is 1. The number of hydrogen-bond acceptors (Lipinski definition) is 4. The normalized spacial score (nSPS) is 32.2. The molecule has 0 aliphatic carbocycles. The molecule has 5 heteroatoms. The molecule has 0 aromatic heterocycles. The highest BCUT2D eigenvalue weighted by atomic mass is 32.2. The van der Waals surface area contributed by atoms with E-state index in [0.29, 0.717) is 16.9 Å². The van der Waals surface area contributed by atoms with E-state index in [2.05, 4.69) is 24.2 Å². The Balaban J connectivity index is 1.80. The Labute approximate surface area is 111 Å². The van der Waals surface area contributed by atoms with Gasteiger partial charge in [-0.1, -0.05) is 6.92 Å². The molecule has 2 rings (SSSR count). The molecule has 2 fully saturated rings. The lowest BCUT2D eigenvalue weighted by atomic mass is 9.80.